The molecule has 0 bridgehead atoms. The first-order chi connectivity index (χ1) is 8.93. The highest BCUT2D eigenvalue weighted by molar-refractivity contribution is 7.88. The summed E-state index contributed by atoms with van der Waals surface area (Å²) in [6, 6.07) is 0.299. The van der Waals surface area contributed by atoms with Crippen molar-refractivity contribution in [1.29, 1.82) is 0 Å². The lowest BCUT2D eigenvalue weighted by molar-refractivity contribution is -0.137. The molecule has 0 aromatic carbocycles. The van der Waals surface area contributed by atoms with E-state index in [1.807, 2.05) is 0 Å². The Bertz CT molecular complexity index is 425. The number of carbonyl (C=O) groups excluding carboxylic acids is 1. The van der Waals surface area contributed by atoms with Crippen LogP contribution in [0.1, 0.15) is 25.7 Å². The number of rotatable bonds is 5. The molecule has 1 aliphatic carbocycles. The molecule has 1 heterocycles. The third-order valence-electron chi connectivity index (χ3n) is 3.88. The first-order valence-electron chi connectivity index (χ1n) is 6.80. The van der Waals surface area contributed by atoms with Gasteiger partial charge in [-0.3, -0.25) is 4.79 Å². The highest BCUT2D eigenvalue weighted by Gasteiger charge is 2.37. The summed E-state index contributed by atoms with van der Waals surface area (Å²) in [6.45, 7) is 1.24. The molecular formula is C12H22N2O4S. The number of hydrogen-bond acceptors (Lipinski definition) is 4. The monoisotopic (exact) mass is 290 g/mol. The van der Waals surface area contributed by atoms with Gasteiger partial charge in [-0.25, -0.2) is 12.7 Å². The summed E-state index contributed by atoms with van der Waals surface area (Å²) in [4.78, 5) is 14.2. The molecule has 2 fully saturated rings. The molecule has 1 saturated heterocycles. The van der Waals surface area contributed by atoms with E-state index in [0.29, 0.717) is 38.5 Å². The summed E-state index contributed by atoms with van der Waals surface area (Å²) in [7, 11) is -3.14. The van der Waals surface area contributed by atoms with Gasteiger partial charge in [-0.05, 0) is 25.7 Å². The van der Waals surface area contributed by atoms with Crippen molar-refractivity contribution in [3.05, 3.63) is 0 Å². The van der Waals surface area contributed by atoms with Gasteiger partial charge in [-0.15, -0.1) is 0 Å². The van der Waals surface area contributed by atoms with Crippen molar-refractivity contribution in [3.63, 3.8) is 0 Å². The van der Waals surface area contributed by atoms with E-state index in [0.717, 1.165) is 12.8 Å². The van der Waals surface area contributed by atoms with E-state index in [4.69, 9.17) is 5.11 Å². The zero-order valence-electron chi connectivity index (χ0n) is 11.3. The van der Waals surface area contributed by atoms with Crippen LogP contribution < -0.4 is 0 Å². The predicted octanol–water partition coefficient (Wildman–Crippen LogP) is -0.359. The van der Waals surface area contributed by atoms with Crippen LogP contribution in [0.3, 0.4) is 0 Å². The lowest BCUT2D eigenvalue weighted by Gasteiger charge is -2.33. The van der Waals surface area contributed by atoms with Crippen LogP contribution in [-0.2, 0) is 14.8 Å². The van der Waals surface area contributed by atoms with Crippen LogP contribution in [0.25, 0.3) is 0 Å². The molecule has 1 amide bonds. The highest BCUT2D eigenvalue weighted by Crippen LogP contribution is 2.30. The normalized spacial score (nSPS) is 22.4. The second-order valence-electron chi connectivity index (χ2n) is 5.42. The molecule has 0 atom stereocenters. The minimum Gasteiger partial charge on any atom is -0.395 e. The van der Waals surface area contributed by atoms with Gasteiger partial charge in [0.2, 0.25) is 15.9 Å². The van der Waals surface area contributed by atoms with Crippen LogP contribution in [0.15, 0.2) is 0 Å². The Morgan fingerprint density at radius 1 is 1.26 bits per heavy atom. The van der Waals surface area contributed by atoms with Crippen molar-refractivity contribution >= 4 is 15.9 Å². The van der Waals surface area contributed by atoms with Gasteiger partial charge in [0.25, 0.3) is 0 Å². The number of carbonyl (C=O) groups is 1. The highest BCUT2D eigenvalue weighted by atomic mass is 32.2. The Morgan fingerprint density at radius 3 is 2.26 bits per heavy atom. The number of aliphatic hydroxyl groups is 1. The van der Waals surface area contributed by atoms with Crippen molar-refractivity contribution in [2.75, 3.05) is 32.5 Å². The van der Waals surface area contributed by atoms with Gasteiger partial charge in [0, 0.05) is 31.6 Å². The van der Waals surface area contributed by atoms with Crippen molar-refractivity contribution in [3.8, 4) is 0 Å². The molecule has 0 spiro atoms. The molecule has 1 saturated carbocycles. The van der Waals surface area contributed by atoms with E-state index >= 15 is 0 Å². The van der Waals surface area contributed by atoms with E-state index in [2.05, 4.69) is 0 Å². The summed E-state index contributed by atoms with van der Waals surface area (Å²) >= 11 is 0. The predicted molar refractivity (Wildman–Crippen MR) is 71.0 cm³/mol. The third-order valence-corrected chi connectivity index (χ3v) is 5.19. The van der Waals surface area contributed by atoms with Crippen molar-refractivity contribution in [1.82, 2.24) is 9.21 Å². The van der Waals surface area contributed by atoms with Gasteiger partial charge in [0.15, 0.2) is 0 Å². The van der Waals surface area contributed by atoms with Crippen LogP contribution in [-0.4, -0.2) is 67.2 Å². The lowest BCUT2D eigenvalue weighted by atomic mass is 9.96. The Kier molecular flexibility index (Phi) is 4.47. The molecule has 0 unspecified atom stereocenters. The van der Waals surface area contributed by atoms with Gasteiger partial charge < -0.3 is 10.0 Å². The molecule has 110 valence electrons. The summed E-state index contributed by atoms with van der Waals surface area (Å²) in [5.74, 6) is -0.00477. The summed E-state index contributed by atoms with van der Waals surface area (Å²) in [5, 5.41) is 9.03. The molecule has 6 nitrogen and oxygen atoms in total. The topological polar surface area (TPSA) is 77.9 Å². The Balaban J connectivity index is 1.91. The first kappa shape index (κ1) is 14.7. The SMILES string of the molecule is CS(=O)(=O)N1CCC(C(=O)N(CCO)C2CC2)CC1. The minimum absolute atomic E-state index is 0.00950. The van der Waals surface area contributed by atoms with Gasteiger partial charge >= 0.3 is 0 Å². The number of amides is 1. The summed E-state index contributed by atoms with van der Waals surface area (Å²) < 4.78 is 24.3. The third kappa shape index (κ3) is 3.67. The van der Waals surface area contributed by atoms with Gasteiger partial charge in [-0.1, -0.05) is 0 Å². The summed E-state index contributed by atoms with van der Waals surface area (Å²) in [6.07, 6.45) is 4.42. The molecule has 7 heteroatoms. The maximum Gasteiger partial charge on any atom is 0.226 e. The average molecular weight is 290 g/mol. The number of sulfonamides is 1. The molecule has 19 heavy (non-hydrogen) atoms. The number of piperidine rings is 1. The van der Waals surface area contributed by atoms with E-state index in [1.54, 1.807) is 4.90 Å². The number of hydrogen-bond donors (Lipinski definition) is 1. The maximum absolute atomic E-state index is 12.4. The van der Waals surface area contributed by atoms with E-state index in [9.17, 15) is 13.2 Å². The van der Waals surface area contributed by atoms with E-state index in [-0.39, 0.29) is 18.4 Å². The fourth-order valence-electron chi connectivity index (χ4n) is 2.64. The van der Waals surface area contributed by atoms with Gasteiger partial charge in [0.1, 0.15) is 0 Å². The van der Waals surface area contributed by atoms with Crippen LogP contribution in [0.5, 0.6) is 0 Å². The maximum atomic E-state index is 12.4. The minimum atomic E-state index is -3.14. The zero-order valence-corrected chi connectivity index (χ0v) is 12.1. The Hall–Kier alpha value is -0.660. The van der Waals surface area contributed by atoms with Crippen LogP contribution >= 0.6 is 0 Å². The largest absolute Gasteiger partial charge is 0.395 e. The summed E-state index contributed by atoms with van der Waals surface area (Å²) in [5.41, 5.74) is 0. The molecule has 1 aliphatic heterocycles. The molecule has 0 aromatic rings. The second-order valence-corrected chi connectivity index (χ2v) is 7.41. The molecule has 2 aliphatic rings. The van der Waals surface area contributed by atoms with E-state index < -0.39 is 10.0 Å². The lowest BCUT2D eigenvalue weighted by Crippen LogP contribution is -2.45. The van der Waals surface area contributed by atoms with Crippen LogP contribution in [0.4, 0.5) is 0 Å². The fraction of sp³-hybridized carbons (Fsp3) is 0.917. The second kappa shape index (κ2) is 5.76. The molecule has 0 aromatic heterocycles. The van der Waals surface area contributed by atoms with Gasteiger partial charge in [-0.2, -0.15) is 0 Å². The fourth-order valence-corrected chi connectivity index (χ4v) is 3.51. The van der Waals surface area contributed by atoms with E-state index in [1.165, 1.54) is 10.6 Å². The van der Waals surface area contributed by atoms with Crippen LogP contribution in [0.2, 0.25) is 0 Å². The molecule has 0 radical (unpaired) electrons. The average Bonchev–Trinajstić information content (AvgIpc) is 3.18. The van der Waals surface area contributed by atoms with Crippen molar-refractivity contribution < 1.29 is 18.3 Å². The zero-order chi connectivity index (χ0) is 14.0. The van der Waals surface area contributed by atoms with Gasteiger partial charge in [0.05, 0.1) is 12.9 Å². The first-order valence-corrected chi connectivity index (χ1v) is 8.64. The Morgan fingerprint density at radius 2 is 1.84 bits per heavy atom. The molecule has 1 N–H and O–H groups in total. The molecule has 2 rings (SSSR count). The molecular weight excluding hydrogens is 268 g/mol. The number of nitrogens with zero attached hydrogens (tertiary/aromatic N) is 2. The van der Waals surface area contributed by atoms with Crippen LogP contribution in [0, 0.1) is 5.92 Å². The van der Waals surface area contributed by atoms with Crippen molar-refractivity contribution in [2.45, 2.75) is 31.7 Å². The quantitative estimate of drug-likeness (QED) is 0.750. The number of aliphatic hydroxyl groups excluding tert-OH is 1. The van der Waals surface area contributed by atoms with Crippen molar-refractivity contribution in [2.24, 2.45) is 5.92 Å². The Labute approximate surface area is 114 Å². The smallest absolute Gasteiger partial charge is 0.226 e. The standard InChI is InChI=1S/C12H22N2O4S/c1-19(17,18)13-6-4-10(5-7-13)12(16)14(8-9-15)11-2-3-11/h10-11,15H,2-9H2,1H3.